The van der Waals surface area contributed by atoms with Gasteiger partial charge in [-0.05, 0) is 37.8 Å². The minimum Gasteiger partial charge on any atom is -0.357 e. The van der Waals surface area contributed by atoms with E-state index in [2.05, 4.69) is 50.0 Å². The summed E-state index contributed by atoms with van der Waals surface area (Å²) in [6.45, 7) is 12.9. The Morgan fingerprint density at radius 1 is 1.45 bits per heavy atom. The summed E-state index contributed by atoms with van der Waals surface area (Å²) < 4.78 is 0. The lowest BCUT2D eigenvalue weighted by Gasteiger charge is -2.23. The number of guanidine groups is 1. The Balaban J connectivity index is 0.00000200. The maximum absolute atomic E-state index is 4.79. The zero-order valence-electron chi connectivity index (χ0n) is 12.9. The van der Waals surface area contributed by atoms with Crippen LogP contribution in [0.4, 0.5) is 0 Å². The lowest BCUT2D eigenvalue weighted by Crippen LogP contribution is -2.40. The van der Waals surface area contributed by atoms with Crippen molar-refractivity contribution in [3.63, 3.8) is 0 Å². The molecule has 2 heterocycles. The fourth-order valence-corrected chi connectivity index (χ4v) is 3.26. The number of aliphatic imine (C=N–C) groups is 1. The average Bonchev–Trinajstić information content (AvgIpc) is 2.91. The maximum Gasteiger partial charge on any atom is 0.194 e. The van der Waals surface area contributed by atoms with E-state index in [9.17, 15) is 0 Å². The largest absolute Gasteiger partial charge is 0.357 e. The Bertz CT molecular complexity index is 454. The molecule has 0 bridgehead atoms. The van der Waals surface area contributed by atoms with Crippen LogP contribution in [0.5, 0.6) is 0 Å². The molecular formula is C15H26IN3S. The van der Waals surface area contributed by atoms with Crippen LogP contribution in [0.3, 0.4) is 0 Å². The van der Waals surface area contributed by atoms with E-state index in [1.165, 1.54) is 16.2 Å². The molecule has 114 valence electrons. The molecule has 1 aliphatic rings. The second-order valence-electron chi connectivity index (χ2n) is 6.02. The predicted octanol–water partition coefficient (Wildman–Crippen LogP) is 3.87. The van der Waals surface area contributed by atoms with Crippen LogP contribution in [0, 0.1) is 12.3 Å². The van der Waals surface area contributed by atoms with E-state index >= 15 is 0 Å². The van der Waals surface area contributed by atoms with Crippen molar-refractivity contribution in [1.29, 1.82) is 0 Å². The average molecular weight is 407 g/mol. The molecule has 0 unspecified atom stereocenters. The summed E-state index contributed by atoms with van der Waals surface area (Å²) in [5, 5.41) is 3.42. The van der Waals surface area contributed by atoms with Gasteiger partial charge in [0.1, 0.15) is 0 Å². The summed E-state index contributed by atoms with van der Waals surface area (Å²) in [5.74, 6) is 1.07. The van der Waals surface area contributed by atoms with Crippen molar-refractivity contribution in [3.05, 3.63) is 21.9 Å². The summed E-state index contributed by atoms with van der Waals surface area (Å²) in [7, 11) is 0. The number of hydrogen-bond acceptors (Lipinski definition) is 2. The molecule has 0 radical (unpaired) electrons. The topological polar surface area (TPSA) is 27.6 Å². The first-order valence-electron chi connectivity index (χ1n) is 7.09. The van der Waals surface area contributed by atoms with Crippen molar-refractivity contribution >= 4 is 41.3 Å². The summed E-state index contributed by atoms with van der Waals surface area (Å²) in [5.41, 5.74) is 0.412. The standard InChI is InChI=1S/C15H25N3S.HI/c1-5-16-14(18-9-8-15(3,4)11-18)17-10-13-7-6-12(2)19-13;/h6-7H,5,8-11H2,1-4H3,(H,16,17);1H. The van der Waals surface area contributed by atoms with Crippen LogP contribution in [0.2, 0.25) is 0 Å². The third-order valence-electron chi connectivity index (χ3n) is 3.49. The monoisotopic (exact) mass is 407 g/mol. The first kappa shape index (κ1) is 17.8. The highest BCUT2D eigenvalue weighted by Gasteiger charge is 2.30. The lowest BCUT2D eigenvalue weighted by molar-refractivity contribution is 0.370. The van der Waals surface area contributed by atoms with Gasteiger partial charge in [0, 0.05) is 29.4 Å². The van der Waals surface area contributed by atoms with Gasteiger partial charge >= 0.3 is 0 Å². The number of halogens is 1. The minimum absolute atomic E-state index is 0. The number of likely N-dealkylation sites (tertiary alicyclic amines) is 1. The smallest absolute Gasteiger partial charge is 0.194 e. The maximum atomic E-state index is 4.79. The molecule has 1 saturated heterocycles. The van der Waals surface area contributed by atoms with E-state index < -0.39 is 0 Å². The molecule has 1 aliphatic heterocycles. The van der Waals surface area contributed by atoms with E-state index in [1.807, 2.05) is 11.3 Å². The van der Waals surface area contributed by atoms with Gasteiger partial charge in [0.2, 0.25) is 0 Å². The van der Waals surface area contributed by atoms with Gasteiger partial charge < -0.3 is 10.2 Å². The van der Waals surface area contributed by atoms with Crippen LogP contribution in [0.25, 0.3) is 0 Å². The molecule has 0 amide bonds. The van der Waals surface area contributed by atoms with Gasteiger partial charge in [-0.2, -0.15) is 0 Å². The summed E-state index contributed by atoms with van der Waals surface area (Å²) >= 11 is 1.84. The van der Waals surface area contributed by atoms with E-state index in [1.54, 1.807) is 0 Å². The fourth-order valence-electron chi connectivity index (χ4n) is 2.44. The molecule has 2 rings (SSSR count). The Labute approximate surface area is 143 Å². The van der Waals surface area contributed by atoms with Gasteiger partial charge in [-0.25, -0.2) is 4.99 Å². The fraction of sp³-hybridized carbons (Fsp3) is 0.667. The van der Waals surface area contributed by atoms with E-state index in [-0.39, 0.29) is 24.0 Å². The number of aryl methyl sites for hydroxylation is 1. The highest BCUT2D eigenvalue weighted by Crippen LogP contribution is 2.28. The normalized spacial score (nSPS) is 18.0. The molecule has 20 heavy (non-hydrogen) atoms. The molecule has 0 atom stereocenters. The van der Waals surface area contributed by atoms with Gasteiger partial charge in [0.05, 0.1) is 6.54 Å². The van der Waals surface area contributed by atoms with Crippen LogP contribution in [0.1, 0.15) is 36.9 Å². The van der Waals surface area contributed by atoms with Gasteiger partial charge in [0.15, 0.2) is 5.96 Å². The van der Waals surface area contributed by atoms with Crippen LogP contribution >= 0.6 is 35.3 Å². The minimum atomic E-state index is 0. The highest BCUT2D eigenvalue weighted by molar-refractivity contribution is 14.0. The van der Waals surface area contributed by atoms with Crippen LogP contribution in [0.15, 0.2) is 17.1 Å². The van der Waals surface area contributed by atoms with E-state index in [0.717, 1.165) is 32.1 Å². The van der Waals surface area contributed by atoms with E-state index in [0.29, 0.717) is 5.41 Å². The quantitative estimate of drug-likeness (QED) is 0.468. The van der Waals surface area contributed by atoms with Gasteiger partial charge in [-0.3, -0.25) is 0 Å². The molecule has 1 aromatic heterocycles. The molecular weight excluding hydrogens is 381 g/mol. The third kappa shape index (κ3) is 4.91. The van der Waals surface area contributed by atoms with Crippen LogP contribution in [-0.2, 0) is 6.54 Å². The van der Waals surface area contributed by atoms with E-state index in [4.69, 9.17) is 4.99 Å². The number of nitrogens with zero attached hydrogens (tertiary/aromatic N) is 2. The molecule has 1 aromatic rings. The second kappa shape index (κ2) is 7.64. The van der Waals surface area contributed by atoms with Crippen molar-refractivity contribution in [2.24, 2.45) is 10.4 Å². The summed E-state index contributed by atoms with van der Waals surface area (Å²) in [6, 6.07) is 4.35. The number of thiophene rings is 1. The Morgan fingerprint density at radius 2 is 2.20 bits per heavy atom. The molecule has 0 aromatic carbocycles. The predicted molar refractivity (Wildman–Crippen MR) is 99.3 cm³/mol. The zero-order chi connectivity index (χ0) is 13.9. The Hall–Kier alpha value is -0.300. The summed E-state index contributed by atoms with van der Waals surface area (Å²) in [4.78, 5) is 9.88. The summed E-state index contributed by atoms with van der Waals surface area (Å²) in [6.07, 6.45) is 1.25. The van der Waals surface area contributed by atoms with Gasteiger partial charge in [0.25, 0.3) is 0 Å². The molecule has 0 aliphatic carbocycles. The number of rotatable bonds is 3. The first-order valence-corrected chi connectivity index (χ1v) is 7.90. The number of nitrogens with one attached hydrogen (secondary N) is 1. The van der Waals surface area contributed by atoms with Crippen molar-refractivity contribution in [2.45, 2.75) is 40.7 Å². The number of hydrogen-bond donors (Lipinski definition) is 1. The first-order chi connectivity index (χ1) is 9.00. The van der Waals surface area contributed by atoms with Crippen molar-refractivity contribution < 1.29 is 0 Å². The van der Waals surface area contributed by atoms with Crippen molar-refractivity contribution in [2.75, 3.05) is 19.6 Å². The molecule has 5 heteroatoms. The third-order valence-corrected chi connectivity index (χ3v) is 4.48. The molecule has 3 nitrogen and oxygen atoms in total. The van der Waals surface area contributed by atoms with Gasteiger partial charge in [-0.1, -0.05) is 13.8 Å². The zero-order valence-corrected chi connectivity index (χ0v) is 16.0. The van der Waals surface area contributed by atoms with Gasteiger partial charge in [-0.15, -0.1) is 35.3 Å². The molecule has 1 N–H and O–H groups in total. The SMILES string of the molecule is CCNC(=NCc1ccc(C)s1)N1CCC(C)(C)C1.I. The van der Waals surface area contributed by atoms with Crippen LogP contribution < -0.4 is 5.32 Å². The highest BCUT2D eigenvalue weighted by atomic mass is 127. The second-order valence-corrected chi connectivity index (χ2v) is 7.39. The molecule has 0 spiro atoms. The van der Waals surface area contributed by atoms with Crippen molar-refractivity contribution in [1.82, 2.24) is 10.2 Å². The van der Waals surface area contributed by atoms with Crippen LogP contribution in [-0.4, -0.2) is 30.5 Å². The Morgan fingerprint density at radius 3 is 2.70 bits per heavy atom. The van der Waals surface area contributed by atoms with Crippen molar-refractivity contribution in [3.8, 4) is 0 Å². The molecule has 0 saturated carbocycles. The molecule has 1 fully saturated rings. The Kier molecular flexibility index (Phi) is 6.78. The lowest BCUT2D eigenvalue weighted by atomic mass is 9.93.